The maximum absolute atomic E-state index is 13.5. The number of benzene rings is 1. The number of rotatable bonds is 1. The normalized spacial score (nSPS) is 16.8. The Morgan fingerprint density at radius 3 is 2.33 bits per heavy atom. The first kappa shape index (κ1) is 13.3. The zero-order valence-corrected chi connectivity index (χ0v) is 11.3. The van der Waals surface area contributed by atoms with E-state index in [1.165, 1.54) is 38.2 Å². The van der Waals surface area contributed by atoms with Crippen LogP contribution in [0.2, 0.25) is 0 Å². The molecule has 0 spiro atoms. The van der Waals surface area contributed by atoms with Crippen LogP contribution in [0.25, 0.3) is 0 Å². The molecular formula is C14H19FN2S. The smallest absolute Gasteiger partial charge is 0.173 e. The highest BCUT2D eigenvalue weighted by Crippen LogP contribution is 2.15. The van der Waals surface area contributed by atoms with Gasteiger partial charge < -0.3 is 10.2 Å². The number of hydrogen-bond acceptors (Lipinski definition) is 1. The summed E-state index contributed by atoms with van der Waals surface area (Å²) in [6.45, 7) is 1.95. The average Bonchev–Trinajstić information content (AvgIpc) is 2.31. The molecule has 1 aromatic rings. The summed E-state index contributed by atoms with van der Waals surface area (Å²) in [5, 5.41) is 3.65. The van der Waals surface area contributed by atoms with Crippen LogP contribution in [0.3, 0.4) is 0 Å². The number of para-hydroxylation sites is 1. The largest absolute Gasteiger partial charge is 0.349 e. The molecule has 1 aliphatic rings. The fraction of sp³-hybridized carbons (Fsp3) is 0.500. The third kappa shape index (κ3) is 3.67. The first-order chi connectivity index (χ1) is 8.77. The fourth-order valence-electron chi connectivity index (χ4n) is 2.21. The van der Waals surface area contributed by atoms with Gasteiger partial charge in [-0.05, 0) is 37.2 Å². The van der Waals surface area contributed by atoms with Gasteiger partial charge in [-0.25, -0.2) is 4.39 Å². The molecule has 1 N–H and O–H groups in total. The quantitative estimate of drug-likeness (QED) is 0.779. The van der Waals surface area contributed by atoms with Gasteiger partial charge in [-0.1, -0.05) is 31.4 Å². The molecule has 1 aromatic carbocycles. The molecule has 2 rings (SSSR count). The first-order valence-electron chi connectivity index (χ1n) is 6.58. The molecule has 0 radical (unpaired) electrons. The van der Waals surface area contributed by atoms with Crippen molar-refractivity contribution in [2.75, 3.05) is 18.4 Å². The molecule has 1 fully saturated rings. The maximum atomic E-state index is 13.5. The second-order valence-electron chi connectivity index (χ2n) is 4.66. The number of nitrogens with one attached hydrogen (secondary N) is 1. The van der Waals surface area contributed by atoms with Crippen molar-refractivity contribution in [3.05, 3.63) is 30.1 Å². The van der Waals surface area contributed by atoms with E-state index in [0.717, 1.165) is 13.1 Å². The minimum Gasteiger partial charge on any atom is -0.349 e. The molecule has 0 amide bonds. The molecule has 0 aromatic heterocycles. The predicted octanol–water partition coefficient (Wildman–Crippen LogP) is 3.79. The number of anilines is 1. The van der Waals surface area contributed by atoms with E-state index in [-0.39, 0.29) is 5.82 Å². The number of thiocarbonyl (C=S) groups is 1. The van der Waals surface area contributed by atoms with Crippen molar-refractivity contribution in [2.45, 2.75) is 32.1 Å². The minimum atomic E-state index is -0.258. The van der Waals surface area contributed by atoms with Crippen LogP contribution >= 0.6 is 12.2 Å². The van der Waals surface area contributed by atoms with Crippen LogP contribution in [-0.2, 0) is 0 Å². The lowest BCUT2D eigenvalue weighted by Gasteiger charge is -2.27. The van der Waals surface area contributed by atoms with Gasteiger partial charge in [-0.15, -0.1) is 0 Å². The Kier molecular flexibility index (Phi) is 4.93. The van der Waals surface area contributed by atoms with Crippen molar-refractivity contribution >= 4 is 23.0 Å². The van der Waals surface area contributed by atoms with Gasteiger partial charge in [0.05, 0.1) is 5.69 Å². The summed E-state index contributed by atoms with van der Waals surface area (Å²) in [7, 11) is 0. The number of hydrogen-bond donors (Lipinski definition) is 1. The van der Waals surface area contributed by atoms with Gasteiger partial charge in [0, 0.05) is 13.1 Å². The monoisotopic (exact) mass is 266 g/mol. The van der Waals surface area contributed by atoms with Crippen LogP contribution in [0, 0.1) is 5.82 Å². The second-order valence-corrected chi connectivity index (χ2v) is 5.05. The molecule has 0 unspecified atom stereocenters. The second kappa shape index (κ2) is 6.69. The van der Waals surface area contributed by atoms with Crippen LogP contribution < -0.4 is 5.32 Å². The van der Waals surface area contributed by atoms with Crippen LogP contribution in [0.1, 0.15) is 32.1 Å². The molecule has 98 valence electrons. The molecular weight excluding hydrogens is 247 g/mol. The minimum absolute atomic E-state index is 0.258. The summed E-state index contributed by atoms with van der Waals surface area (Å²) in [6, 6.07) is 6.64. The van der Waals surface area contributed by atoms with E-state index >= 15 is 0 Å². The van der Waals surface area contributed by atoms with Crippen molar-refractivity contribution in [1.29, 1.82) is 0 Å². The van der Waals surface area contributed by atoms with Crippen LogP contribution in [0.5, 0.6) is 0 Å². The standard InChI is InChI=1S/C14H19FN2S/c15-12-8-4-5-9-13(12)16-14(18)17-10-6-2-1-3-7-11-17/h4-5,8-9H,1-3,6-7,10-11H2,(H,16,18). The fourth-order valence-corrected chi connectivity index (χ4v) is 2.50. The Hall–Kier alpha value is -1.16. The average molecular weight is 266 g/mol. The summed E-state index contributed by atoms with van der Waals surface area (Å²) >= 11 is 5.37. The van der Waals surface area contributed by atoms with Crippen LogP contribution in [0.4, 0.5) is 10.1 Å². The summed E-state index contributed by atoms with van der Waals surface area (Å²) in [5.74, 6) is -0.258. The zero-order valence-electron chi connectivity index (χ0n) is 10.5. The van der Waals surface area contributed by atoms with Crippen molar-refractivity contribution in [2.24, 2.45) is 0 Å². The van der Waals surface area contributed by atoms with E-state index < -0.39 is 0 Å². The predicted molar refractivity (Wildman–Crippen MR) is 77.3 cm³/mol. The van der Waals surface area contributed by atoms with E-state index in [9.17, 15) is 4.39 Å². The number of halogens is 1. The van der Waals surface area contributed by atoms with Gasteiger partial charge in [-0.3, -0.25) is 0 Å². The lowest BCUT2D eigenvalue weighted by Crippen LogP contribution is -2.37. The number of likely N-dealkylation sites (tertiary alicyclic amines) is 1. The Labute approximate surface area is 113 Å². The summed E-state index contributed by atoms with van der Waals surface area (Å²) in [4.78, 5) is 2.15. The Morgan fingerprint density at radius 1 is 1.06 bits per heavy atom. The molecule has 1 heterocycles. The van der Waals surface area contributed by atoms with E-state index in [0.29, 0.717) is 10.8 Å². The van der Waals surface area contributed by atoms with Crippen LogP contribution in [-0.4, -0.2) is 23.1 Å². The van der Waals surface area contributed by atoms with Gasteiger partial charge in [0.2, 0.25) is 0 Å². The molecule has 4 heteroatoms. The highest BCUT2D eigenvalue weighted by atomic mass is 32.1. The molecule has 0 bridgehead atoms. The highest BCUT2D eigenvalue weighted by Gasteiger charge is 2.12. The lowest BCUT2D eigenvalue weighted by atomic mass is 10.1. The zero-order chi connectivity index (χ0) is 12.8. The topological polar surface area (TPSA) is 15.3 Å². The van der Waals surface area contributed by atoms with Crippen molar-refractivity contribution in [1.82, 2.24) is 4.90 Å². The van der Waals surface area contributed by atoms with Crippen molar-refractivity contribution in [3.8, 4) is 0 Å². The molecule has 0 atom stereocenters. The van der Waals surface area contributed by atoms with Crippen molar-refractivity contribution in [3.63, 3.8) is 0 Å². The Balaban J connectivity index is 1.96. The molecule has 0 saturated carbocycles. The number of nitrogens with zero attached hydrogens (tertiary/aromatic N) is 1. The Bertz CT molecular complexity index is 401. The molecule has 1 aliphatic heterocycles. The van der Waals surface area contributed by atoms with Gasteiger partial charge in [0.1, 0.15) is 5.82 Å². The van der Waals surface area contributed by atoms with Gasteiger partial charge >= 0.3 is 0 Å². The lowest BCUT2D eigenvalue weighted by molar-refractivity contribution is 0.366. The highest BCUT2D eigenvalue weighted by molar-refractivity contribution is 7.80. The third-order valence-electron chi connectivity index (χ3n) is 3.26. The van der Waals surface area contributed by atoms with E-state index in [1.807, 2.05) is 6.07 Å². The molecule has 1 saturated heterocycles. The summed E-state index contributed by atoms with van der Waals surface area (Å²) < 4.78 is 13.5. The molecule has 18 heavy (non-hydrogen) atoms. The van der Waals surface area contributed by atoms with Gasteiger partial charge in [0.25, 0.3) is 0 Å². The van der Waals surface area contributed by atoms with E-state index in [1.54, 1.807) is 12.1 Å². The van der Waals surface area contributed by atoms with Crippen molar-refractivity contribution < 1.29 is 4.39 Å². The van der Waals surface area contributed by atoms with E-state index in [4.69, 9.17) is 12.2 Å². The maximum Gasteiger partial charge on any atom is 0.173 e. The Morgan fingerprint density at radius 2 is 1.67 bits per heavy atom. The van der Waals surface area contributed by atoms with Gasteiger partial charge in [-0.2, -0.15) is 0 Å². The van der Waals surface area contributed by atoms with Gasteiger partial charge in [0.15, 0.2) is 5.11 Å². The first-order valence-corrected chi connectivity index (χ1v) is 6.98. The molecule has 0 aliphatic carbocycles. The summed E-state index contributed by atoms with van der Waals surface area (Å²) in [6.07, 6.45) is 6.18. The molecule has 2 nitrogen and oxygen atoms in total. The third-order valence-corrected chi connectivity index (χ3v) is 3.62. The summed E-state index contributed by atoms with van der Waals surface area (Å²) in [5.41, 5.74) is 0.463. The van der Waals surface area contributed by atoms with Crippen LogP contribution in [0.15, 0.2) is 24.3 Å². The SMILES string of the molecule is Fc1ccccc1NC(=S)N1CCCCCCC1. The van der Waals surface area contributed by atoms with E-state index in [2.05, 4.69) is 10.2 Å².